The molecule has 0 bridgehead atoms. The second kappa shape index (κ2) is 5.49. The van der Waals surface area contributed by atoms with E-state index in [2.05, 4.69) is 21.2 Å². The van der Waals surface area contributed by atoms with Crippen LogP contribution >= 0.6 is 15.9 Å². The molecule has 1 N–H and O–H groups in total. The van der Waals surface area contributed by atoms with Crippen LogP contribution in [-0.2, 0) is 10.1 Å². The first-order valence-electron chi connectivity index (χ1n) is 5.16. The van der Waals surface area contributed by atoms with E-state index in [4.69, 9.17) is 4.74 Å². The summed E-state index contributed by atoms with van der Waals surface area (Å²) in [5.41, 5.74) is 0.441. The highest BCUT2D eigenvalue weighted by molar-refractivity contribution is 9.08. The number of amides is 1. The summed E-state index contributed by atoms with van der Waals surface area (Å²) in [4.78, 5) is 11.5. The van der Waals surface area contributed by atoms with Gasteiger partial charge in [0.05, 0.1) is 0 Å². The van der Waals surface area contributed by atoms with Gasteiger partial charge < -0.3 is 4.74 Å². The third-order valence-corrected chi connectivity index (χ3v) is 2.44. The molecule has 0 fully saturated rings. The predicted molar refractivity (Wildman–Crippen MR) is 68.9 cm³/mol. The zero-order chi connectivity index (χ0) is 13.1. The van der Waals surface area contributed by atoms with Gasteiger partial charge in [-0.2, -0.15) is 0 Å². The fraction of sp³-hybridized carbons (Fsp3) is 0.417. The van der Waals surface area contributed by atoms with Crippen molar-refractivity contribution in [2.45, 2.75) is 31.7 Å². The van der Waals surface area contributed by atoms with Crippen LogP contribution in [0.25, 0.3) is 0 Å². The summed E-state index contributed by atoms with van der Waals surface area (Å²) in [6, 6.07) is 4.36. The lowest BCUT2D eigenvalue weighted by atomic mass is 10.2. The van der Waals surface area contributed by atoms with Crippen molar-refractivity contribution >= 4 is 27.7 Å². The quantitative estimate of drug-likeness (QED) is 0.837. The molecule has 0 aliphatic carbocycles. The Kier molecular flexibility index (Phi) is 4.51. The normalized spacial score (nSPS) is 11.1. The van der Waals surface area contributed by atoms with Crippen molar-refractivity contribution in [2.24, 2.45) is 0 Å². The maximum atomic E-state index is 13.2. The number of carbonyl (C=O) groups excluding carboxylic acids is 1. The number of benzene rings is 1. The van der Waals surface area contributed by atoms with Gasteiger partial charge in [0.25, 0.3) is 0 Å². The van der Waals surface area contributed by atoms with Gasteiger partial charge >= 0.3 is 6.09 Å². The molecule has 0 heterocycles. The third kappa shape index (κ3) is 4.73. The first-order valence-corrected chi connectivity index (χ1v) is 6.28. The van der Waals surface area contributed by atoms with Crippen molar-refractivity contribution in [2.75, 3.05) is 5.32 Å². The minimum Gasteiger partial charge on any atom is -0.444 e. The molecule has 0 aliphatic heterocycles. The van der Waals surface area contributed by atoms with Crippen molar-refractivity contribution in [1.82, 2.24) is 0 Å². The molecule has 0 spiro atoms. The van der Waals surface area contributed by atoms with E-state index in [0.717, 1.165) is 0 Å². The number of carbonyl (C=O) groups is 1. The van der Waals surface area contributed by atoms with Crippen molar-refractivity contribution in [1.29, 1.82) is 0 Å². The van der Waals surface area contributed by atoms with Crippen LogP contribution in [-0.4, -0.2) is 11.7 Å². The Labute approximate surface area is 108 Å². The number of alkyl halides is 1. The number of hydrogen-bond donors (Lipinski definition) is 1. The lowest BCUT2D eigenvalue weighted by Gasteiger charge is -2.19. The van der Waals surface area contributed by atoms with Crippen LogP contribution in [0.15, 0.2) is 18.2 Å². The number of ether oxygens (including phenoxy) is 1. The average molecular weight is 304 g/mol. The summed E-state index contributed by atoms with van der Waals surface area (Å²) in [5, 5.41) is 2.94. The Morgan fingerprint density at radius 1 is 1.47 bits per heavy atom. The van der Waals surface area contributed by atoms with Gasteiger partial charge in [0.2, 0.25) is 0 Å². The fourth-order valence-corrected chi connectivity index (χ4v) is 1.61. The summed E-state index contributed by atoms with van der Waals surface area (Å²) in [5.74, 6) is -0.309. The van der Waals surface area contributed by atoms with Gasteiger partial charge in [-0.15, -0.1) is 0 Å². The molecule has 1 amide bonds. The molecule has 94 valence electrons. The van der Waals surface area contributed by atoms with E-state index in [1.165, 1.54) is 12.1 Å². The van der Waals surface area contributed by atoms with Gasteiger partial charge in [-0.1, -0.05) is 15.9 Å². The standard InChI is InChI=1S/C12H15BrFNO2/c1-12(2,3)17-11(16)15-9-4-5-10(14)8(6-9)7-13/h4-6H,7H2,1-3H3,(H,15,16). The van der Waals surface area contributed by atoms with Crippen molar-refractivity contribution in [3.63, 3.8) is 0 Å². The second-order valence-corrected chi connectivity index (χ2v) is 5.13. The lowest BCUT2D eigenvalue weighted by Crippen LogP contribution is -2.27. The third-order valence-electron chi connectivity index (χ3n) is 1.83. The van der Waals surface area contributed by atoms with E-state index in [9.17, 15) is 9.18 Å². The molecule has 0 aliphatic rings. The summed E-state index contributed by atoms with van der Waals surface area (Å²) in [6.07, 6.45) is -0.551. The molecule has 1 aromatic carbocycles. The molecule has 0 unspecified atom stereocenters. The molecule has 0 aromatic heterocycles. The number of hydrogen-bond acceptors (Lipinski definition) is 2. The molecular formula is C12H15BrFNO2. The largest absolute Gasteiger partial charge is 0.444 e. The minimum atomic E-state index is -0.553. The van der Waals surface area contributed by atoms with E-state index in [0.29, 0.717) is 16.6 Å². The second-order valence-electron chi connectivity index (χ2n) is 4.57. The van der Waals surface area contributed by atoms with Crippen LogP contribution in [0.2, 0.25) is 0 Å². The van der Waals surface area contributed by atoms with Crippen LogP contribution in [0.4, 0.5) is 14.9 Å². The monoisotopic (exact) mass is 303 g/mol. The van der Waals surface area contributed by atoms with Crippen LogP contribution in [0.3, 0.4) is 0 Å². The maximum absolute atomic E-state index is 13.2. The Hall–Kier alpha value is -1.10. The van der Waals surface area contributed by atoms with Gasteiger partial charge in [0.1, 0.15) is 11.4 Å². The van der Waals surface area contributed by atoms with Crippen LogP contribution < -0.4 is 5.32 Å². The molecule has 0 radical (unpaired) electrons. The van der Waals surface area contributed by atoms with E-state index in [1.807, 2.05) is 0 Å². The van der Waals surface area contributed by atoms with Gasteiger partial charge in [-0.25, -0.2) is 9.18 Å². The predicted octanol–water partition coefficient (Wildman–Crippen LogP) is 4.07. The highest BCUT2D eigenvalue weighted by Crippen LogP contribution is 2.18. The topological polar surface area (TPSA) is 38.3 Å². The van der Waals surface area contributed by atoms with E-state index in [1.54, 1.807) is 26.8 Å². The number of anilines is 1. The molecule has 0 saturated carbocycles. The highest BCUT2D eigenvalue weighted by atomic mass is 79.9. The van der Waals surface area contributed by atoms with Gasteiger partial charge in [0, 0.05) is 16.6 Å². The maximum Gasteiger partial charge on any atom is 0.412 e. The SMILES string of the molecule is CC(C)(C)OC(=O)Nc1ccc(F)c(CBr)c1. The van der Waals surface area contributed by atoms with Crippen LogP contribution in [0.1, 0.15) is 26.3 Å². The molecule has 1 rings (SSSR count). The summed E-state index contributed by atoms with van der Waals surface area (Å²) in [7, 11) is 0. The number of nitrogens with one attached hydrogen (secondary N) is 1. The molecular weight excluding hydrogens is 289 g/mol. The Morgan fingerprint density at radius 3 is 2.65 bits per heavy atom. The highest BCUT2D eigenvalue weighted by Gasteiger charge is 2.16. The Balaban J connectivity index is 2.72. The average Bonchev–Trinajstić information content (AvgIpc) is 2.18. The Morgan fingerprint density at radius 2 is 2.12 bits per heavy atom. The number of halogens is 2. The first kappa shape index (κ1) is 14.0. The zero-order valence-electron chi connectivity index (χ0n) is 10.0. The summed E-state index contributed by atoms with van der Waals surface area (Å²) >= 11 is 3.17. The molecule has 17 heavy (non-hydrogen) atoms. The summed E-state index contributed by atoms with van der Waals surface area (Å²) in [6.45, 7) is 5.34. The molecule has 5 heteroatoms. The minimum absolute atomic E-state index is 0.309. The van der Waals surface area contributed by atoms with E-state index in [-0.39, 0.29) is 5.82 Å². The lowest BCUT2D eigenvalue weighted by molar-refractivity contribution is 0.0636. The van der Waals surface area contributed by atoms with E-state index >= 15 is 0 Å². The number of rotatable bonds is 2. The van der Waals surface area contributed by atoms with Crippen LogP contribution in [0, 0.1) is 5.82 Å². The van der Waals surface area contributed by atoms with Crippen molar-refractivity contribution in [3.8, 4) is 0 Å². The zero-order valence-corrected chi connectivity index (χ0v) is 11.6. The van der Waals surface area contributed by atoms with Gasteiger partial charge in [0.15, 0.2) is 0 Å². The van der Waals surface area contributed by atoms with Gasteiger partial charge in [-0.05, 0) is 39.0 Å². The molecule has 1 aromatic rings. The summed E-state index contributed by atoms with van der Waals surface area (Å²) < 4.78 is 18.3. The van der Waals surface area contributed by atoms with Crippen molar-refractivity contribution in [3.05, 3.63) is 29.6 Å². The first-order chi connectivity index (χ1) is 7.81. The molecule has 0 atom stereocenters. The van der Waals surface area contributed by atoms with Crippen molar-refractivity contribution < 1.29 is 13.9 Å². The Bertz CT molecular complexity index is 415. The molecule has 0 saturated heterocycles. The molecule has 3 nitrogen and oxygen atoms in total. The van der Waals surface area contributed by atoms with Crippen LogP contribution in [0.5, 0.6) is 0 Å². The fourth-order valence-electron chi connectivity index (χ4n) is 1.18. The van der Waals surface area contributed by atoms with Gasteiger partial charge in [-0.3, -0.25) is 5.32 Å². The smallest absolute Gasteiger partial charge is 0.412 e. The van der Waals surface area contributed by atoms with E-state index < -0.39 is 11.7 Å².